The fourth-order valence-electron chi connectivity index (χ4n) is 3.03. The highest BCUT2D eigenvalue weighted by Gasteiger charge is 2.22. The van der Waals surface area contributed by atoms with Crippen molar-refractivity contribution >= 4 is 11.8 Å². The van der Waals surface area contributed by atoms with Crippen molar-refractivity contribution in [3.63, 3.8) is 0 Å². The van der Waals surface area contributed by atoms with Crippen molar-refractivity contribution in [2.24, 2.45) is 5.92 Å². The van der Waals surface area contributed by atoms with Crippen LogP contribution in [0.4, 0.5) is 0 Å². The van der Waals surface area contributed by atoms with Gasteiger partial charge in [0.25, 0.3) is 5.91 Å². The molecule has 2 aromatic heterocycles. The van der Waals surface area contributed by atoms with E-state index in [1.54, 1.807) is 19.2 Å². The zero-order chi connectivity index (χ0) is 19.2. The van der Waals surface area contributed by atoms with E-state index in [4.69, 9.17) is 9.26 Å². The first-order valence-corrected chi connectivity index (χ1v) is 9.06. The van der Waals surface area contributed by atoms with Gasteiger partial charge in [-0.15, -0.1) is 0 Å². The maximum absolute atomic E-state index is 12.3. The number of aryl methyl sites for hydroxylation is 1. The molecular formula is C19H24N4O4. The third-order valence-electron chi connectivity index (χ3n) is 4.57. The summed E-state index contributed by atoms with van der Waals surface area (Å²) in [5.74, 6) is 1.13. The highest BCUT2D eigenvalue weighted by Crippen LogP contribution is 2.16. The first-order chi connectivity index (χ1) is 13.0. The zero-order valence-corrected chi connectivity index (χ0v) is 15.6. The highest BCUT2D eigenvalue weighted by molar-refractivity contribution is 5.92. The number of carbonyl (C=O) groups excluding carboxylic acids is 2. The third kappa shape index (κ3) is 5.29. The van der Waals surface area contributed by atoms with Gasteiger partial charge >= 0.3 is 0 Å². The van der Waals surface area contributed by atoms with E-state index in [0.29, 0.717) is 24.6 Å². The molecule has 1 aliphatic heterocycles. The van der Waals surface area contributed by atoms with Crippen molar-refractivity contribution in [1.29, 1.82) is 0 Å². The van der Waals surface area contributed by atoms with Gasteiger partial charge in [-0.25, -0.2) is 0 Å². The SMILES string of the molecule is CC(=O)N1CCC[C@H](CNC(=O)c2cc(COc3ccc(C)nc3)on2)C1. The second-order valence-corrected chi connectivity index (χ2v) is 6.79. The van der Waals surface area contributed by atoms with Crippen LogP contribution in [-0.2, 0) is 11.4 Å². The molecule has 0 aromatic carbocycles. The number of piperidine rings is 1. The molecule has 0 spiro atoms. The molecule has 0 unspecified atom stereocenters. The molecule has 144 valence electrons. The summed E-state index contributed by atoms with van der Waals surface area (Å²) < 4.78 is 10.7. The third-order valence-corrected chi connectivity index (χ3v) is 4.57. The fraction of sp³-hybridized carbons (Fsp3) is 0.474. The number of hydrogen-bond acceptors (Lipinski definition) is 6. The van der Waals surface area contributed by atoms with E-state index in [9.17, 15) is 9.59 Å². The molecule has 0 aliphatic carbocycles. The average Bonchev–Trinajstić information content (AvgIpc) is 3.15. The van der Waals surface area contributed by atoms with E-state index < -0.39 is 0 Å². The Hall–Kier alpha value is -2.90. The molecule has 3 heterocycles. The van der Waals surface area contributed by atoms with Gasteiger partial charge in [-0.1, -0.05) is 5.16 Å². The Morgan fingerprint density at radius 3 is 3.00 bits per heavy atom. The molecule has 3 rings (SSSR count). The van der Waals surface area contributed by atoms with E-state index in [2.05, 4.69) is 15.5 Å². The Bertz CT molecular complexity index is 787. The Balaban J connectivity index is 1.46. The summed E-state index contributed by atoms with van der Waals surface area (Å²) in [6.45, 7) is 5.63. The Morgan fingerprint density at radius 1 is 1.41 bits per heavy atom. The van der Waals surface area contributed by atoms with Crippen LogP contribution in [0.25, 0.3) is 0 Å². The topological polar surface area (TPSA) is 97.6 Å². The number of aromatic nitrogens is 2. The number of ether oxygens (including phenoxy) is 1. The second kappa shape index (κ2) is 8.66. The van der Waals surface area contributed by atoms with Crippen LogP contribution in [0.3, 0.4) is 0 Å². The summed E-state index contributed by atoms with van der Waals surface area (Å²) in [5.41, 5.74) is 1.13. The van der Waals surface area contributed by atoms with Crippen molar-refractivity contribution in [1.82, 2.24) is 20.4 Å². The van der Waals surface area contributed by atoms with E-state index >= 15 is 0 Å². The largest absolute Gasteiger partial charge is 0.484 e. The van der Waals surface area contributed by atoms with Gasteiger partial charge in [0.05, 0.1) is 6.20 Å². The predicted molar refractivity (Wildman–Crippen MR) is 97.1 cm³/mol. The smallest absolute Gasteiger partial charge is 0.273 e. The molecule has 0 saturated carbocycles. The summed E-state index contributed by atoms with van der Waals surface area (Å²) >= 11 is 0. The molecule has 0 bridgehead atoms. The molecule has 1 N–H and O–H groups in total. The van der Waals surface area contributed by atoms with Crippen LogP contribution in [0, 0.1) is 12.8 Å². The van der Waals surface area contributed by atoms with Crippen molar-refractivity contribution in [3.8, 4) is 5.75 Å². The van der Waals surface area contributed by atoms with Crippen molar-refractivity contribution < 1.29 is 18.8 Å². The Morgan fingerprint density at radius 2 is 2.26 bits per heavy atom. The number of amides is 2. The summed E-state index contributed by atoms with van der Waals surface area (Å²) in [6.07, 6.45) is 3.58. The van der Waals surface area contributed by atoms with Gasteiger partial charge in [-0.3, -0.25) is 14.6 Å². The molecule has 1 fully saturated rings. The number of carbonyl (C=O) groups is 2. The molecule has 1 saturated heterocycles. The number of rotatable bonds is 6. The van der Waals surface area contributed by atoms with Crippen LogP contribution in [0.1, 0.15) is 41.7 Å². The molecule has 8 nitrogen and oxygen atoms in total. The maximum atomic E-state index is 12.3. The minimum Gasteiger partial charge on any atom is -0.484 e. The summed E-state index contributed by atoms with van der Waals surface area (Å²) in [6, 6.07) is 5.24. The number of nitrogens with one attached hydrogen (secondary N) is 1. The van der Waals surface area contributed by atoms with Crippen molar-refractivity contribution in [2.45, 2.75) is 33.3 Å². The van der Waals surface area contributed by atoms with Crippen LogP contribution in [-0.4, -0.2) is 46.5 Å². The molecule has 8 heteroatoms. The Labute approximate surface area is 157 Å². The maximum Gasteiger partial charge on any atom is 0.273 e. The summed E-state index contributed by atoms with van der Waals surface area (Å²) in [4.78, 5) is 29.7. The normalized spacial score (nSPS) is 16.8. The van der Waals surface area contributed by atoms with Crippen molar-refractivity contribution in [2.75, 3.05) is 19.6 Å². The minimum absolute atomic E-state index is 0.0796. The molecular weight excluding hydrogens is 348 g/mol. The lowest BCUT2D eigenvalue weighted by Crippen LogP contribution is -2.42. The fourth-order valence-corrected chi connectivity index (χ4v) is 3.03. The average molecular weight is 372 g/mol. The minimum atomic E-state index is -0.290. The molecule has 1 aliphatic rings. The number of hydrogen-bond donors (Lipinski definition) is 1. The number of likely N-dealkylation sites (tertiary alicyclic amines) is 1. The van der Waals surface area contributed by atoms with Gasteiger partial charge in [0.2, 0.25) is 5.91 Å². The summed E-state index contributed by atoms with van der Waals surface area (Å²) in [5, 5.41) is 6.67. The van der Waals surface area contributed by atoms with Crippen LogP contribution in [0.2, 0.25) is 0 Å². The lowest BCUT2D eigenvalue weighted by molar-refractivity contribution is -0.130. The van der Waals surface area contributed by atoms with E-state index in [1.807, 2.05) is 24.0 Å². The first-order valence-electron chi connectivity index (χ1n) is 9.06. The standard InChI is InChI=1S/C19H24N4O4/c1-13-5-6-16(10-20-13)26-12-17-8-18(22-27-17)19(25)21-9-15-4-3-7-23(11-15)14(2)24/h5-6,8,10,15H,3-4,7,9,11-12H2,1-2H3,(H,21,25)/t15-/m1/s1. The van der Waals surface area contributed by atoms with Gasteiger partial charge in [-0.05, 0) is 37.8 Å². The quantitative estimate of drug-likeness (QED) is 0.832. The summed E-state index contributed by atoms with van der Waals surface area (Å²) in [7, 11) is 0. The predicted octanol–water partition coefficient (Wildman–Crippen LogP) is 1.95. The molecule has 27 heavy (non-hydrogen) atoms. The van der Waals surface area contributed by atoms with E-state index in [-0.39, 0.29) is 30.0 Å². The molecule has 0 radical (unpaired) electrons. The van der Waals surface area contributed by atoms with Crippen LogP contribution >= 0.6 is 0 Å². The van der Waals surface area contributed by atoms with Gasteiger partial charge in [0.15, 0.2) is 11.5 Å². The van der Waals surface area contributed by atoms with Gasteiger partial charge < -0.3 is 19.5 Å². The van der Waals surface area contributed by atoms with Crippen LogP contribution in [0.15, 0.2) is 28.9 Å². The molecule has 2 aromatic rings. The number of nitrogens with zero attached hydrogens (tertiary/aromatic N) is 3. The first kappa shape index (κ1) is 18.9. The van der Waals surface area contributed by atoms with Crippen LogP contribution in [0.5, 0.6) is 5.75 Å². The second-order valence-electron chi connectivity index (χ2n) is 6.79. The lowest BCUT2D eigenvalue weighted by Gasteiger charge is -2.32. The van der Waals surface area contributed by atoms with Crippen molar-refractivity contribution in [3.05, 3.63) is 41.5 Å². The van der Waals surface area contributed by atoms with E-state index in [0.717, 1.165) is 25.1 Å². The molecule has 2 amide bonds. The van der Waals surface area contributed by atoms with Gasteiger partial charge in [0, 0.05) is 38.3 Å². The lowest BCUT2D eigenvalue weighted by atomic mass is 9.98. The zero-order valence-electron chi connectivity index (χ0n) is 15.6. The monoisotopic (exact) mass is 372 g/mol. The Kier molecular flexibility index (Phi) is 6.05. The number of pyridine rings is 1. The van der Waals surface area contributed by atoms with Gasteiger partial charge in [0.1, 0.15) is 12.4 Å². The van der Waals surface area contributed by atoms with E-state index in [1.165, 1.54) is 0 Å². The van der Waals surface area contributed by atoms with Gasteiger partial charge in [-0.2, -0.15) is 0 Å². The molecule has 1 atom stereocenters. The highest BCUT2D eigenvalue weighted by atomic mass is 16.5. The van der Waals surface area contributed by atoms with Crippen LogP contribution < -0.4 is 10.1 Å².